The lowest BCUT2D eigenvalue weighted by molar-refractivity contribution is 0.0923. The highest BCUT2D eigenvalue weighted by atomic mass is 32.2. The van der Waals surface area contributed by atoms with E-state index < -0.39 is 0 Å². The summed E-state index contributed by atoms with van der Waals surface area (Å²) in [6, 6.07) is 5.97. The number of methoxy groups -OCH3 is 2. The molecule has 1 amide bonds. The molecule has 2 fully saturated rings. The van der Waals surface area contributed by atoms with Gasteiger partial charge in [0.2, 0.25) is 0 Å². The van der Waals surface area contributed by atoms with Crippen LogP contribution in [0.15, 0.2) is 18.2 Å². The van der Waals surface area contributed by atoms with Crippen molar-refractivity contribution >= 4 is 29.4 Å². The molecule has 0 saturated carbocycles. The zero-order valence-electron chi connectivity index (χ0n) is 16.2. The van der Waals surface area contributed by atoms with Crippen LogP contribution in [-0.4, -0.2) is 73.7 Å². The standard InChI is InChI=1S/C20H30N2O3S2/c1-24-18-8-16(9-19(10-18)25-2)20(23)21-11-15-4-3-5-22(12-15)17-13-26-6-7-27-14-17/h8-10,15,17H,3-7,11-14H2,1-2H3,(H,21,23)/t15-/m0/s1. The summed E-state index contributed by atoms with van der Waals surface area (Å²) in [5.41, 5.74) is 0.579. The molecule has 0 spiro atoms. The molecule has 1 aromatic carbocycles. The molecule has 1 aromatic rings. The SMILES string of the molecule is COc1cc(OC)cc(C(=O)NC[C@@H]2CCCN(C3CSCCSC3)C2)c1. The molecular weight excluding hydrogens is 380 g/mol. The van der Waals surface area contributed by atoms with Crippen molar-refractivity contribution in [3.8, 4) is 11.5 Å². The number of carbonyl (C=O) groups excluding carboxylic acids is 1. The van der Waals surface area contributed by atoms with Gasteiger partial charge in [-0.2, -0.15) is 23.5 Å². The molecule has 27 heavy (non-hydrogen) atoms. The Morgan fingerprint density at radius 2 is 1.81 bits per heavy atom. The van der Waals surface area contributed by atoms with Crippen molar-refractivity contribution in [2.75, 3.05) is 56.9 Å². The van der Waals surface area contributed by atoms with Gasteiger partial charge >= 0.3 is 0 Å². The van der Waals surface area contributed by atoms with E-state index in [-0.39, 0.29) is 5.91 Å². The van der Waals surface area contributed by atoms with E-state index in [0.717, 1.165) is 13.1 Å². The number of nitrogens with zero attached hydrogens (tertiary/aromatic N) is 1. The van der Waals surface area contributed by atoms with Gasteiger partial charge in [0.25, 0.3) is 5.91 Å². The van der Waals surface area contributed by atoms with E-state index in [2.05, 4.69) is 33.7 Å². The van der Waals surface area contributed by atoms with Crippen molar-refractivity contribution in [1.29, 1.82) is 0 Å². The Hall–Kier alpha value is -1.05. The Bertz CT molecular complexity index is 599. The number of carbonyl (C=O) groups is 1. The lowest BCUT2D eigenvalue weighted by atomic mass is 9.97. The first-order valence-electron chi connectivity index (χ1n) is 9.60. The Labute approximate surface area is 170 Å². The number of ether oxygens (including phenoxy) is 2. The van der Waals surface area contributed by atoms with Crippen LogP contribution >= 0.6 is 23.5 Å². The van der Waals surface area contributed by atoms with Crippen molar-refractivity contribution in [3.63, 3.8) is 0 Å². The Balaban J connectivity index is 1.53. The fourth-order valence-electron chi connectivity index (χ4n) is 3.69. The Kier molecular flexibility index (Phi) is 8.03. The van der Waals surface area contributed by atoms with Crippen LogP contribution in [0.25, 0.3) is 0 Å². The van der Waals surface area contributed by atoms with Crippen molar-refractivity contribution in [1.82, 2.24) is 10.2 Å². The van der Waals surface area contributed by atoms with E-state index in [9.17, 15) is 4.79 Å². The Morgan fingerprint density at radius 3 is 2.44 bits per heavy atom. The lowest BCUT2D eigenvalue weighted by Crippen LogP contribution is -2.47. The molecule has 1 atom stereocenters. The fourth-order valence-corrected chi connectivity index (χ4v) is 6.32. The van der Waals surface area contributed by atoms with Gasteiger partial charge in [-0.3, -0.25) is 9.69 Å². The molecule has 2 saturated heterocycles. The van der Waals surface area contributed by atoms with Crippen molar-refractivity contribution in [2.45, 2.75) is 18.9 Å². The third-order valence-corrected chi connectivity index (χ3v) is 7.71. The highest BCUT2D eigenvalue weighted by molar-refractivity contribution is 8.03. The fraction of sp³-hybridized carbons (Fsp3) is 0.650. The van der Waals surface area contributed by atoms with Gasteiger partial charge in [-0.05, 0) is 37.4 Å². The first kappa shape index (κ1) is 20.7. The van der Waals surface area contributed by atoms with Gasteiger partial charge in [-0.25, -0.2) is 0 Å². The van der Waals surface area contributed by atoms with Crippen molar-refractivity contribution in [3.05, 3.63) is 23.8 Å². The quantitative estimate of drug-likeness (QED) is 0.778. The minimum absolute atomic E-state index is 0.0649. The van der Waals surface area contributed by atoms with E-state index in [1.807, 2.05) is 0 Å². The maximum atomic E-state index is 12.6. The van der Waals surface area contributed by atoms with E-state index in [1.165, 1.54) is 42.4 Å². The van der Waals surface area contributed by atoms with Gasteiger partial charge in [0, 0.05) is 53.8 Å². The second kappa shape index (κ2) is 10.5. The number of nitrogens with one attached hydrogen (secondary N) is 1. The monoisotopic (exact) mass is 410 g/mol. The summed E-state index contributed by atoms with van der Waals surface area (Å²) in [6.45, 7) is 3.01. The van der Waals surface area contributed by atoms with E-state index in [1.54, 1.807) is 32.4 Å². The van der Waals surface area contributed by atoms with Gasteiger partial charge in [0.1, 0.15) is 11.5 Å². The van der Waals surface area contributed by atoms with Crippen LogP contribution in [0.5, 0.6) is 11.5 Å². The van der Waals surface area contributed by atoms with Crippen LogP contribution in [0.4, 0.5) is 0 Å². The molecule has 2 aliphatic heterocycles. The van der Waals surface area contributed by atoms with Gasteiger partial charge in [-0.1, -0.05) is 0 Å². The summed E-state index contributed by atoms with van der Waals surface area (Å²) in [5.74, 6) is 6.76. The van der Waals surface area contributed by atoms with Crippen LogP contribution in [0.3, 0.4) is 0 Å². The molecule has 0 aromatic heterocycles. The third-order valence-electron chi connectivity index (χ3n) is 5.22. The van der Waals surface area contributed by atoms with Crippen LogP contribution in [-0.2, 0) is 0 Å². The van der Waals surface area contributed by atoms with Crippen LogP contribution in [0, 0.1) is 5.92 Å². The van der Waals surface area contributed by atoms with Crippen molar-refractivity contribution in [2.24, 2.45) is 5.92 Å². The summed E-state index contributed by atoms with van der Waals surface area (Å²) in [5, 5.41) is 3.12. The molecule has 7 heteroatoms. The summed E-state index contributed by atoms with van der Waals surface area (Å²) < 4.78 is 10.5. The molecule has 0 bridgehead atoms. The number of benzene rings is 1. The Morgan fingerprint density at radius 1 is 1.15 bits per heavy atom. The smallest absolute Gasteiger partial charge is 0.251 e. The summed E-state index contributed by atoms with van der Waals surface area (Å²) in [4.78, 5) is 15.3. The highest BCUT2D eigenvalue weighted by Gasteiger charge is 2.27. The van der Waals surface area contributed by atoms with Crippen LogP contribution < -0.4 is 14.8 Å². The molecule has 0 aliphatic carbocycles. The van der Waals surface area contributed by atoms with E-state index >= 15 is 0 Å². The molecule has 0 radical (unpaired) electrons. The normalized spacial score (nSPS) is 22.1. The maximum Gasteiger partial charge on any atom is 0.251 e. The van der Waals surface area contributed by atoms with Gasteiger partial charge in [0.15, 0.2) is 0 Å². The third kappa shape index (κ3) is 5.96. The maximum absolute atomic E-state index is 12.6. The molecule has 3 rings (SSSR count). The van der Waals surface area contributed by atoms with Crippen molar-refractivity contribution < 1.29 is 14.3 Å². The lowest BCUT2D eigenvalue weighted by Gasteiger charge is -2.37. The zero-order valence-corrected chi connectivity index (χ0v) is 17.9. The molecule has 0 unspecified atom stereocenters. The predicted molar refractivity (Wildman–Crippen MR) is 115 cm³/mol. The number of hydrogen-bond donors (Lipinski definition) is 1. The first-order valence-corrected chi connectivity index (χ1v) is 11.9. The summed E-state index contributed by atoms with van der Waals surface area (Å²) in [7, 11) is 3.19. The number of amides is 1. The number of hydrogen-bond acceptors (Lipinski definition) is 6. The van der Waals surface area contributed by atoms with Gasteiger partial charge in [-0.15, -0.1) is 0 Å². The minimum atomic E-state index is -0.0649. The number of thioether (sulfide) groups is 2. The van der Waals surface area contributed by atoms with E-state index in [4.69, 9.17) is 9.47 Å². The number of rotatable bonds is 6. The number of piperidine rings is 1. The molecule has 5 nitrogen and oxygen atoms in total. The second-order valence-corrected chi connectivity index (χ2v) is 9.42. The average Bonchev–Trinajstić information content (AvgIpc) is 3.01. The molecular formula is C20H30N2O3S2. The molecule has 150 valence electrons. The summed E-state index contributed by atoms with van der Waals surface area (Å²) >= 11 is 4.17. The molecule has 2 heterocycles. The van der Waals surface area contributed by atoms with Crippen LogP contribution in [0.2, 0.25) is 0 Å². The average molecular weight is 411 g/mol. The topological polar surface area (TPSA) is 50.8 Å². The predicted octanol–water partition coefficient (Wildman–Crippen LogP) is 2.99. The summed E-state index contributed by atoms with van der Waals surface area (Å²) in [6.07, 6.45) is 2.41. The van der Waals surface area contributed by atoms with E-state index in [0.29, 0.717) is 29.0 Å². The minimum Gasteiger partial charge on any atom is -0.497 e. The first-order chi connectivity index (χ1) is 13.2. The zero-order chi connectivity index (χ0) is 19.1. The van der Waals surface area contributed by atoms with Gasteiger partial charge in [0.05, 0.1) is 14.2 Å². The number of likely N-dealkylation sites (tertiary alicyclic amines) is 1. The molecule has 2 aliphatic rings. The molecule has 1 N–H and O–H groups in total. The largest absolute Gasteiger partial charge is 0.497 e. The second-order valence-electron chi connectivity index (χ2n) is 7.12. The van der Waals surface area contributed by atoms with Crippen LogP contribution in [0.1, 0.15) is 23.2 Å². The van der Waals surface area contributed by atoms with Gasteiger partial charge < -0.3 is 14.8 Å². The highest BCUT2D eigenvalue weighted by Crippen LogP contribution is 2.26.